The maximum absolute atomic E-state index is 12.5. The Morgan fingerprint density at radius 1 is 1.22 bits per heavy atom. The topological polar surface area (TPSA) is 61.4 Å². The number of carbonyl (C=O) groups excluding carboxylic acids is 2. The summed E-state index contributed by atoms with van der Waals surface area (Å²) < 4.78 is 0. The zero-order chi connectivity index (χ0) is 12.5. The van der Waals surface area contributed by atoms with Crippen LogP contribution in [-0.4, -0.2) is 48.4 Å². The van der Waals surface area contributed by atoms with Crippen LogP contribution >= 0.6 is 0 Å². The molecule has 0 aromatic heterocycles. The van der Waals surface area contributed by atoms with E-state index < -0.39 is 0 Å². The summed E-state index contributed by atoms with van der Waals surface area (Å²) >= 11 is 0. The van der Waals surface area contributed by atoms with Crippen LogP contribution < -0.4 is 10.6 Å². The first-order valence-corrected chi connectivity index (χ1v) is 7.06. The SMILES string of the molecule is O=C1CNC(C(=O)N2CCC3CCCCC32)CN1. The zero-order valence-electron chi connectivity index (χ0n) is 10.7. The summed E-state index contributed by atoms with van der Waals surface area (Å²) in [6.45, 7) is 1.60. The minimum atomic E-state index is -0.219. The first-order valence-electron chi connectivity index (χ1n) is 7.06. The molecule has 100 valence electrons. The Morgan fingerprint density at radius 2 is 2.06 bits per heavy atom. The summed E-state index contributed by atoms with van der Waals surface area (Å²) in [5.41, 5.74) is 0. The number of carbonyl (C=O) groups is 2. The number of hydrogen-bond donors (Lipinski definition) is 2. The smallest absolute Gasteiger partial charge is 0.241 e. The van der Waals surface area contributed by atoms with Gasteiger partial charge in [0.05, 0.1) is 6.54 Å². The van der Waals surface area contributed by atoms with Gasteiger partial charge in [0.1, 0.15) is 6.04 Å². The molecule has 2 heterocycles. The predicted molar refractivity (Wildman–Crippen MR) is 66.9 cm³/mol. The average Bonchev–Trinajstić information content (AvgIpc) is 2.82. The van der Waals surface area contributed by atoms with Crippen molar-refractivity contribution < 1.29 is 9.59 Å². The Labute approximate surface area is 107 Å². The molecule has 2 amide bonds. The third-order valence-corrected chi connectivity index (χ3v) is 4.60. The number of piperazine rings is 1. The summed E-state index contributed by atoms with van der Waals surface area (Å²) in [7, 11) is 0. The van der Waals surface area contributed by atoms with E-state index in [1.807, 2.05) is 0 Å². The molecule has 3 rings (SSSR count). The molecule has 3 atom stereocenters. The highest BCUT2D eigenvalue weighted by atomic mass is 16.2. The standard InChI is InChI=1S/C13H21N3O2/c17-12-8-14-10(7-15-12)13(18)16-6-5-9-3-1-2-4-11(9)16/h9-11,14H,1-8H2,(H,15,17). The fourth-order valence-corrected chi connectivity index (χ4v) is 3.62. The van der Waals surface area contributed by atoms with Crippen molar-refractivity contribution in [3.8, 4) is 0 Å². The van der Waals surface area contributed by atoms with Crippen LogP contribution in [0, 0.1) is 5.92 Å². The number of nitrogens with one attached hydrogen (secondary N) is 2. The summed E-state index contributed by atoms with van der Waals surface area (Å²) in [5.74, 6) is 0.890. The van der Waals surface area contributed by atoms with Crippen LogP contribution in [0.4, 0.5) is 0 Å². The minimum absolute atomic E-state index is 0.0176. The Morgan fingerprint density at radius 3 is 2.83 bits per heavy atom. The quantitative estimate of drug-likeness (QED) is 0.682. The normalized spacial score (nSPS) is 36.1. The van der Waals surface area contributed by atoms with E-state index >= 15 is 0 Å². The number of likely N-dealkylation sites (tertiary alicyclic amines) is 1. The lowest BCUT2D eigenvalue weighted by Gasteiger charge is -2.35. The molecule has 1 saturated carbocycles. The molecule has 2 saturated heterocycles. The Balaban J connectivity index is 1.63. The van der Waals surface area contributed by atoms with Crippen molar-refractivity contribution in [3.05, 3.63) is 0 Å². The lowest BCUT2D eigenvalue weighted by atomic mass is 9.85. The van der Waals surface area contributed by atoms with E-state index in [2.05, 4.69) is 15.5 Å². The van der Waals surface area contributed by atoms with Crippen LogP contribution in [0.1, 0.15) is 32.1 Å². The maximum Gasteiger partial charge on any atom is 0.241 e. The molecule has 2 N–H and O–H groups in total. The maximum atomic E-state index is 12.5. The summed E-state index contributed by atoms with van der Waals surface area (Å²) in [4.78, 5) is 25.6. The number of fused-ring (bicyclic) bond motifs is 1. The molecule has 3 unspecified atom stereocenters. The van der Waals surface area contributed by atoms with Gasteiger partial charge in [-0.2, -0.15) is 0 Å². The van der Waals surface area contributed by atoms with Crippen molar-refractivity contribution >= 4 is 11.8 Å². The first kappa shape index (κ1) is 12.0. The van der Waals surface area contributed by atoms with Crippen LogP contribution in [0.2, 0.25) is 0 Å². The number of rotatable bonds is 1. The summed E-state index contributed by atoms with van der Waals surface area (Å²) in [6.07, 6.45) is 6.18. The van der Waals surface area contributed by atoms with Crippen LogP contribution in [0.5, 0.6) is 0 Å². The van der Waals surface area contributed by atoms with Gasteiger partial charge in [0, 0.05) is 19.1 Å². The molecule has 0 radical (unpaired) electrons. The van der Waals surface area contributed by atoms with Gasteiger partial charge in [-0.1, -0.05) is 12.8 Å². The van der Waals surface area contributed by atoms with E-state index in [1.54, 1.807) is 0 Å². The van der Waals surface area contributed by atoms with Crippen molar-refractivity contribution in [1.82, 2.24) is 15.5 Å². The lowest BCUT2D eigenvalue weighted by molar-refractivity contribution is -0.136. The van der Waals surface area contributed by atoms with Gasteiger partial charge in [0.15, 0.2) is 0 Å². The fourth-order valence-electron chi connectivity index (χ4n) is 3.62. The summed E-state index contributed by atoms with van der Waals surface area (Å²) in [6, 6.07) is 0.244. The van der Waals surface area contributed by atoms with Crippen LogP contribution in [-0.2, 0) is 9.59 Å². The van der Waals surface area contributed by atoms with Gasteiger partial charge < -0.3 is 10.2 Å². The molecule has 0 bridgehead atoms. The summed E-state index contributed by atoms with van der Waals surface area (Å²) in [5, 5.41) is 5.80. The second kappa shape index (κ2) is 4.88. The van der Waals surface area contributed by atoms with Crippen molar-refractivity contribution in [3.63, 3.8) is 0 Å². The predicted octanol–water partition coefficient (Wildman–Crippen LogP) is -0.134. The first-order chi connectivity index (χ1) is 8.75. The molecular weight excluding hydrogens is 230 g/mol. The van der Waals surface area contributed by atoms with Crippen molar-refractivity contribution in [1.29, 1.82) is 0 Å². The van der Waals surface area contributed by atoms with Crippen LogP contribution in [0.25, 0.3) is 0 Å². The van der Waals surface area contributed by atoms with Gasteiger partial charge in [0.25, 0.3) is 0 Å². The molecular formula is C13H21N3O2. The van der Waals surface area contributed by atoms with E-state index in [-0.39, 0.29) is 24.4 Å². The second-order valence-electron chi connectivity index (χ2n) is 5.67. The number of amides is 2. The van der Waals surface area contributed by atoms with E-state index in [4.69, 9.17) is 0 Å². The third-order valence-electron chi connectivity index (χ3n) is 4.60. The van der Waals surface area contributed by atoms with Gasteiger partial charge in [-0.25, -0.2) is 0 Å². The fraction of sp³-hybridized carbons (Fsp3) is 0.846. The monoisotopic (exact) mass is 251 g/mol. The van der Waals surface area contributed by atoms with E-state index in [0.29, 0.717) is 12.6 Å². The van der Waals surface area contributed by atoms with Gasteiger partial charge in [0.2, 0.25) is 11.8 Å². The molecule has 3 aliphatic rings. The minimum Gasteiger partial charge on any atom is -0.353 e. The second-order valence-corrected chi connectivity index (χ2v) is 5.67. The van der Waals surface area contributed by atoms with Gasteiger partial charge >= 0.3 is 0 Å². The third kappa shape index (κ3) is 2.11. The lowest BCUT2D eigenvalue weighted by Crippen LogP contribution is -2.59. The van der Waals surface area contributed by atoms with Gasteiger partial charge in [-0.05, 0) is 25.2 Å². The van der Waals surface area contributed by atoms with E-state index in [9.17, 15) is 9.59 Å². The van der Waals surface area contributed by atoms with Crippen LogP contribution in [0.3, 0.4) is 0 Å². The number of nitrogens with zero attached hydrogens (tertiary/aromatic N) is 1. The Bertz CT molecular complexity index is 348. The van der Waals surface area contributed by atoms with Crippen molar-refractivity contribution in [2.24, 2.45) is 5.92 Å². The molecule has 5 heteroatoms. The molecule has 3 fully saturated rings. The largest absolute Gasteiger partial charge is 0.353 e. The Hall–Kier alpha value is -1.10. The molecule has 0 aromatic rings. The van der Waals surface area contributed by atoms with E-state index in [1.165, 1.54) is 19.3 Å². The molecule has 0 spiro atoms. The van der Waals surface area contributed by atoms with Crippen molar-refractivity contribution in [2.75, 3.05) is 19.6 Å². The highest BCUT2D eigenvalue weighted by Crippen LogP contribution is 2.36. The average molecular weight is 251 g/mol. The van der Waals surface area contributed by atoms with E-state index in [0.717, 1.165) is 25.3 Å². The molecule has 1 aliphatic carbocycles. The van der Waals surface area contributed by atoms with Gasteiger partial charge in [-0.3, -0.25) is 14.9 Å². The zero-order valence-corrected chi connectivity index (χ0v) is 10.7. The molecule has 0 aromatic carbocycles. The number of hydrogen-bond acceptors (Lipinski definition) is 3. The molecule has 18 heavy (non-hydrogen) atoms. The van der Waals surface area contributed by atoms with Crippen molar-refractivity contribution in [2.45, 2.75) is 44.2 Å². The van der Waals surface area contributed by atoms with Crippen LogP contribution in [0.15, 0.2) is 0 Å². The molecule has 5 nitrogen and oxygen atoms in total. The molecule has 2 aliphatic heterocycles. The highest BCUT2D eigenvalue weighted by molar-refractivity contribution is 5.87. The highest BCUT2D eigenvalue weighted by Gasteiger charge is 2.40. The van der Waals surface area contributed by atoms with Gasteiger partial charge in [-0.15, -0.1) is 0 Å². The Kier molecular flexibility index (Phi) is 3.24.